The number of aryl methyl sites for hydroxylation is 2. The van der Waals surface area contributed by atoms with E-state index in [1.165, 1.54) is 6.07 Å². The molecule has 1 unspecified atom stereocenters. The summed E-state index contributed by atoms with van der Waals surface area (Å²) in [5.74, 6) is -1.60. The third kappa shape index (κ3) is 3.61. The van der Waals surface area contributed by atoms with Crippen LogP contribution in [0.2, 0.25) is 0 Å². The van der Waals surface area contributed by atoms with Crippen LogP contribution in [-0.2, 0) is 6.42 Å². The Morgan fingerprint density at radius 3 is 2.67 bits per heavy atom. The minimum absolute atomic E-state index is 0.125. The molecule has 0 saturated heterocycles. The monoisotopic (exact) mass is 291 g/mol. The minimum Gasteiger partial charge on any atom is -0.310 e. The van der Waals surface area contributed by atoms with E-state index in [-0.39, 0.29) is 6.04 Å². The van der Waals surface area contributed by atoms with Gasteiger partial charge in [0, 0.05) is 6.04 Å². The third-order valence-corrected chi connectivity index (χ3v) is 3.42. The number of nitrogens with one attached hydrogen (secondary N) is 1. The van der Waals surface area contributed by atoms with Crippen molar-refractivity contribution in [3.05, 3.63) is 58.4 Å². The second kappa shape index (κ2) is 6.72. The summed E-state index contributed by atoms with van der Waals surface area (Å²) in [6.07, 6.45) is 0.364. The van der Waals surface area contributed by atoms with E-state index in [4.69, 9.17) is 0 Å². The van der Waals surface area contributed by atoms with Crippen LogP contribution >= 0.6 is 0 Å². The Hall–Kier alpha value is -1.88. The first kappa shape index (κ1) is 15.5. The van der Waals surface area contributed by atoms with Crippen LogP contribution in [0.25, 0.3) is 0 Å². The van der Waals surface area contributed by atoms with Gasteiger partial charge < -0.3 is 5.32 Å². The number of rotatable bonds is 5. The number of halogens is 2. The highest BCUT2D eigenvalue weighted by atomic mass is 19.2. The van der Waals surface area contributed by atoms with Crippen molar-refractivity contribution in [1.29, 1.82) is 0 Å². The molecule has 0 aliphatic carbocycles. The first-order valence-corrected chi connectivity index (χ1v) is 7.00. The standard InChI is InChI=1S/C16H19F2N3/c1-4-19-15(13-8-10(2)20-21-11(13)3)9-12-6-5-7-14(17)16(12)18/h5-8,15,19H,4,9H2,1-3H3. The largest absolute Gasteiger partial charge is 0.310 e. The average molecular weight is 291 g/mol. The smallest absolute Gasteiger partial charge is 0.162 e. The van der Waals surface area contributed by atoms with Gasteiger partial charge in [-0.3, -0.25) is 0 Å². The molecule has 0 spiro atoms. The highest BCUT2D eigenvalue weighted by Gasteiger charge is 2.18. The Labute approximate surface area is 123 Å². The van der Waals surface area contributed by atoms with Gasteiger partial charge in [0.15, 0.2) is 11.6 Å². The van der Waals surface area contributed by atoms with Crippen LogP contribution in [-0.4, -0.2) is 16.7 Å². The third-order valence-electron chi connectivity index (χ3n) is 3.42. The van der Waals surface area contributed by atoms with E-state index in [1.807, 2.05) is 26.8 Å². The molecule has 2 aromatic rings. The Balaban J connectivity index is 2.35. The maximum Gasteiger partial charge on any atom is 0.162 e. The second-order valence-corrected chi connectivity index (χ2v) is 5.05. The molecule has 112 valence electrons. The lowest BCUT2D eigenvalue weighted by Crippen LogP contribution is -2.25. The van der Waals surface area contributed by atoms with Crippen molar-refractivity contribution in [3.8, 4) is 0 Å². The molecule has 3 nitrogen and oxygen atoms in total. The fourth-order valence-electron chi connectivity index (χ4n) is 2.39. The van der Waals surface area contributed by atoms with Gasteiger partial charge in [0.1, 0.15) is 0 Å². The Kier molecular flexibility index (Phi) is 4.96. The summed E-state index contributed by atoms with van der Waals surface area (Å²) in [5, 5.41) is 11.4. The molecule has 0 amide bonds. The van der Waals surface area contributed by atoms with E-state index in [2.05, 4.69) is 15.5 Å². The molecule has 1 aromatic carbocycles. The van der Waals surface area contributed by atoms with Gasteiger partial charge in [0.2, 0.25) is 0 Å². The van der Waals surface area contributed by atoms with Gasteiger partial charge in [-0.2, -0.15) is 10.2 Å². The van der Waals surface area contributed by atoms with Gasteiger partial charge in [-0.05, 0) is 50.1 Å². The van der Waals surface area contributed by atoms with Crippen molar-refractivity contribution in [1.82, 2.24) is 15.5 Å². The first-order chi connectivity index (χ1) is 10.0. The predicted molar refractivity (Wildman–Crippen MR) is 78.0 cm³/mol. The quantitative estimate of drug-likeness (QED) is 0.919. The van der Waals surface area contributed by atoms with E-state index < -0.39 is 11.6 Å². The molecule has 1 N–H and O–H groups in total. The van der Waals surface area contributed by atoms with Crippen molar-refractivity contribution in [2.75, 3.05) is 6.54 Å². The second-order valence-electron chi connectivity index (χ2n) is 5.05. The Morgan fingerprint density at radius 2 is 1.95 bits per heavy atom. The summed E-state index contributed by atoms with van der Waals surface area (Å²) in [5.41, 5.74) is 2.92. The van der Waals surface area contributed by atoms with E-state index in [0.29, 0.717) is 12.0 Å². The molecule has 0 saturated carbocycles. The van der Waals surface area contributed by atoms with E-state index in [9.17, 15) is 8.78 Å². The summed E-state index contributed by atoms with van der Waals surface area (Å²) >= 11 is 0. The molecule has 21 heavy (non-hydrogen) atoms. The highest BCUT2D eigenvalue weighted by Crippen LogP contribution is 2.23. The van der Waals surface area contributed by atoms with Gasteiger partial charge in [0.25, 0.3) is 0 Å². The zero-order valence-electron chi connectivity index (χ0n) is 12.5. The van der Waals surface area contributed by atoms with Crippen LogP contribution < -0.4 is 5.32 Å². The van der Waals surface area contributed by atoms with Crippen LogP contribution in [0.5, 0.6) is 0 Å². The van der Waals surface area contributed by atoms with E-state index in [0.717, 1.165) is 29.6 Å². The fourth-order valence-corrected chi connectivity index (χ4v) is 2.39. The molecule has 1 heterocycles. The number of likely N-dealkylation sites (N-methyl/N-ethyl adjacent to an activating group) is 1. The van der Waals surface area contributed by atoms with Crippen molar-refractivity contribution >= 4 is 0 Å². The van der Waals surface area contributed by atoms with Crippen LogP contribution in [0.15, 0.2) is 24.3 Å². The summed E-state index contributed by atoms with van der Waals surface area (Å²) in [4.78, 5) is 0. The number of hydrogen-bond donors (Lipinski definition) is 1. The topological polar surface area (TPSA) is 37.8 Å². The Bertz CT molecular complexity index is 629. The van der Waals surface area contributed by atoms with Crippen LogP contribution in [0.1, 0.15) is 35.5 Å². The molecule has 0 radical (unpaired) electrons. The zero-order valence-corrected chi connectivity index (χ0v) is 12.5. The number of aromatic nitrogens is 2. The normalized spacial score (nSPS) is 12.4. The maximum absolute atomic E-state index is 13.9. The lowest BCUT2D eigenvalue weighted by atomic mass is 9.97. The lowest BCUT2D eigenvalue weighted by Gasteiger charge is -2.20. The van der Waals surface area contributed by atoms with Crippen LogP contribution in [0, 0.1) is 25.5 Å². The summed E-state index contributed by atoms with van der Waals surface area (Å²) < 4.78 is 27.2. The molecule has 2 rings (SSSR count). The number of hydrogen-bond acceptors (Lipinski definition) is 3. The van der Waals surface area contributed by atoms with Crippen molar-refractivity contribution in [2.24, 2.45) is 0 Å². The predicted octanol–water partition coefficient (Wildman–Crippen LogP) is 3.26. The SMILES string of the molecule is CCNC(Cc1cccc(F)c1F)c1cc(C)nnc1C. The zero-order chi connectivity index (χ0) is 15.4. The molecule has 1 aromatic heterocycles. The Morgan fingerprint density at radius 1 is 1.19 bits per heavy atom. The van der Waals surface area contributed by atoms with E-state index in [1.54, 1.807) is 6.07 Å². The number of nitrogens with zero attached hydrogens (tertiary/aromatic N) is 2. The lowest BCUT2D eigenvalue weighted by molar-refractivity contribution is 0.479. The molecule has 0 bridgehead atoms. The van der Waals surface area contributed by atoms with Gasteiger partial charge >= 0.3 is 0 Å². The van der Waals surface area contributed by atoms with E-state index >= 15 is 0 Å². The van der Waals surface area contributed by atoms with Crippen molar-refractivity contribution in [3.63, 3.8) is 0 Å². The number of benzene rings is 1. The van der Waals surface area contributed by atoms with Gasteiger partial charge in [-0.25, -0.2) is 8.78 Å². The highest BCUT2D eigenvalue weighted by molar-refractivity contribution is 5.28. The average Bonchev–Trinajstić information content (AvgIpc) is 2.46. The molecule has 1 atom stereocenters. The van der Waals surface area contributed by atoms with Crippen LogP contribution in [0.4, 0.5) is 8.78 Å². The van der Waals surface area contributed by atoms with Gasteiger partial charge in [-0.15, -0.1) is 0 Å². The summed E-state index contributed by atoms with van der Waals surface area (Å²) in [7, 11) is 0. The molecule has 0 fully saturated rings. The van der Waals surface area contributed by atoms with Gasteiger partial charge in [-0.1, -0.05) is 19.1 Å². The molecule has 5 heteroatoms. The molecule has 0 aliphatic heterocycles. The summed E-state index contributed by atoms with van der Waals surface area (Å²) in [6.45, 7) is 6.43. The molecular weight excluding hydrogens is 272 g/mol. The first-order valence-electron chi connectivity index (χ1n) is 7.00. The van der Waals surface area contributed by atoms with Crippen molar-refractivity contribution in [2.45, 2.75) is 33.2 Å². The molecular formula is C16H19F2N3. The maximum atomic E-state index is 13.9. The fraction of sp³-hybridized carbons (Fsp3) is 0.375. The molecule has 0 aliphatic rings. The minimum atomic E-state index is -0.816. The van der Waals surface area contributed by atoms with Gasteiger partial charge in [0.05, 0.1) is 11.4 Å². The van der Waals surface area contributed by atoms with Crippen LogP contribution in [0.3, 0.4) is 0 Å². The summed E-state index contributed by atoms with van der Waals surface area (Å²) in [6, 6.07) is 6.08. The van der Waals surface area contributed by atoms with Crippen molar-refractivity contribution < 1.29 is 8.78 Å².